The Bertz CT molecular complexity index is 649. The van der Waals surface area contributed by atoms with Crippen LogP contribution in [0.5, 0.6) is 0 Å². The van der Waals surface area contributed by atoms with Crippen molar-refractivity contribution >= 4 is 27.0 Å². The van der Waals surface area contributed by atoms with Gasteiger partial charge in [-0.25, -0.2) is 8.42 Å². The Balaban J connectivity index is 2.10. The van der Waals surface area contributed by atoms with E-state index in [0.29, 0.717) is 23.2 Å². The van der Waals surface area contributed by atoms with Gasteiger partial charge in [0.25, 0.3) is 10.0 Å². The Morgan fingerprint density at radius 1 is 1.20 bits per heavy atom. The smallest absolute Gasteiger partial charge is 0.262 e. The summed E-state index contributed by atoms with van der Waals surface area (Å²) in [5.74, 6) is 0. The number of thiophene rings is 1. The molecule has 0 radical (unpaired) electrons. The van der Waals surface area contributed by atoms with E-state index in [1.807, 2.05) is 6.07 Å². The van der Waals surface area contributed by atoms with Crippen LogP contribution in [0, 0.1) is 0 Å². The molecule has 1 aromatic carbocycles. The molecule has 0 spiro atoms. The molecule has 0 fully saturated rings. The largest absolute Gasteiger partial charge is 0.310 e. The van der Waals surface area contributed by atoms with E-state index in [9.17, 15) is 8.42 Å². The topological polar surface area (TPSA) is 58.2 Å². The van der Waals surface area contributed by atoms with Crippen LogP contribution in [0.3, 0.4) is 0 Å². The van der Waals surface area contributed by atoms with Gasteiger partial charge in [0.2, 0.25) is 0 Å². The number of hydrogen-bond acceptors (Lipinski definition) is 4. The summed E-state index contributed by atoms with van der Waals surface area (Å²) >= 11 is 1.45. The molecule has 0 atom stereocenters. The summed E-state index contributed by atoms with van der Waals surface area (Å²) in [6.07, 6.45) is 0. The third kappa shape index (κ3) is 4.06. The fourth-order valence-electron chi connectivity index (χ4n) is 1.62. The second-order valence-corrected chi connectivity index (χ2v) is 7.43. The van der Waals surface area contributed by atoms with Crippen molar-refractivity contribution in [3.8, 4) is 0 Å². The number of para-hydroxylation sites is 1. The molecule has 6 heteroatoms. The first kappa shape index (κ1) is 15.0. The monoisotopic (exact) mass is 310 g/mol. The van der Waals surface area contributed by atoms with Crippen molar-refractivity contribution in [2.75, 3.05) is 4.72 Å². The van der Waals surface area contributed by atoms with Crippen molar-refractivity contribution in [2.45, 2.75) is 31.3 Å². The average Bonchev–Trinajstić information content (AvgIpc) is 2.86. The van der Waals surface area contributed by atoms with E-state index in [0.717, 1.165) is 4.88 Å². The molecular formula is C14H18N2O2S2. The number of rotatable bonds is 6. The van der Waals surface area contributed by atoms with Crippen LogP contribution in [0.15, 0.2) is 46.7 Å². The lowest BCUT2D eigenvalue weighted by Gasteiger charge is -2.06. The molecule has 0 aliphatic rings. The zero-order valence-corrected chi connectivity index (χ0v) is 13.1. The minimum atomic E-state index is -3.50. The first-order valence-electron chi connectivity index (χ1n) is 6.36. The number of nitrogens with one attached hydrogen (secondary N) is 2. The van der Waals surface area contributed by atoms with Crippen LogP contribution >= 0.6 is 11.3 Å². The molecule has 4 nitrogen and oxygen atoms in total. The molecule has 2 rings (SSSR count). The first-order chi connectivity index (χ1) is 9.47. The highest BCUT2D eigenvalue weighted by Gasteiger charge is 2.16. The van der Waals surface area contributed by atoms with Gasteiger partial charge in [-0.2, -0.15) is 0 Å². The second kappa shape index (κ2) is 6.39. The van der Waals surface area contributed by atoms with Gasteiger partial charge >= 0.3 is 0 Å². The number of sulfonamides is 1. The first-order valence-corrected chi connectivity index (χ1v) is 8.72. The molecule has 0 saturated heterocycles. The van der Waals surface area contributed by atoms with Crippen molar-refractivity contribution in [3.05, 3.63) is 46.7 Å². The quantitative estimate of drug-likeness (QED) is 0.862. The number of hydrogen-bond donors (Lipinski definition) is 2. The van der Waals surface area contributed by atoms with Gasteiger partial charge in [-0.05, 0) is 18.2 Å². The molecule has 0 aliphatic heterocycles. The fraction of sp³-hybridized carbons (Fsp3) is 0.286. The molecule has 0 aliphatic carbocycles. The summed E-state index contributed by atoms with van der Waals surface area (Å²) < 4.78 is 27.0. The average molecular weight is 310 g/mol. The van der Waals surface area contributed by atoms with E-state index in [-0.39, 0.29) is 0 Å². The minimum Gasteiger partial charge on any atom is -0.310 e. The van der Waals surface area contributed by atoms with Gasteiger partial charge in [0, 0.05) is 28.5 Å². The summed E-state index contributed by atoms with van der Waals surface area (Å²) in [7, 11) is -3.50. The van der Waals surface area contributed by atoms with Gasteiger partial charge in [-0.1, -0.05) is 32.0 Å². The predicted molar refractivity (Wildman–Crippen MR) is 83.5 cm³/mol. The molecule has 0 amide bonds. The normalized spacial score (nSPS) is 11.8. The molecule has 108 valence electrons. The Morgan fingerprint density at radius 3 is 2.55 bits per heavy atom. The Morgan fingerprint density at radius 2 is 1.90 bits per heavy atom. The molecule has 0 bridgehead atoms. The van der Waals surface area contributed by atoms with E-state index in [1.165, 1.54) is 11.3 Å². The van der Waals surface area contributed by atoms with Crippen LogP contribution in [0.4, 0.5) is 5.69 Å². The SMILES string of the molecule is CC(C)NCc1cc(S(=O)(=O)Nc2ccccc2)cs1. The zero-order chi connectivity index (χ0) is 14.6. The Kier molecular flexibility index (Phi) is 4.80. The number of anilines is 1. The minimum absolute atomic E-state index is 0.312. The van der Waals surface area contributed by atoms with Crippen molar-refractivity contribution in [1.82, 2.24) is 5.32 Å². The highest BCUT2D eigenvalue weighted by Crippen LogP contribution is 2.22. The summed E-state index contributed by atoms with van der Waals surface area (Å²) in [6, 6.07) is 11.0. The van der Waals surface area contributed by atoms with Crippen LogP contribution in [0.1, 0.15) is 18.7 Å². The van der Waals surface area contributed by atoms with Crippen molar-refractivity contribution in [3.63, 3.8) is 0 Å². The van der Waals surface area contributed by atoms with Gasteiger partial charge in [0.05, 0.1) is 4.90 Å². The van der Waals surface area contributed by atoms with E-state index >= 15 is 0 Å². The lowest BCUT2D eigenvalue weighted by Crippen LogP contribution is -2.21. The molecule has 1 aromatic heterocycles. The van der Waals surface area contributed by atoms with Crippen LogP contribution in [-0.2, 0) is 16.6 Å². The molecular weight excluding hydrogens is 292 g/mol. The van der Waals surface area contributed by atoms with Gasteiger partial charge in [0.15, 0.2) is 0 Å². The molecule has 1 heterocycles. The molecule has 2 N–H and O–H groups in total. The van der Waals surface area contributed by atoms with Gasteiger partial charge in [0.1, 0.15) is 0 Å². The lowest BCUT2D eigenvalue weighted by molar-refractivity contribution is 0.592. The third-order valence-corrected chi connectivity index (χ3v) is 5.10. The van der Waals surface area contributed by atoms with Crippen molar-refractivity contribution in [2.24, 2.45) is 0 Å². The van der Waals surface area contributed by atoms with Crippen LogP contribution in [-0.4, -0.2) is 14.5 Å². The van der Waals surface area contributed by atoms with Gasteiger partial charge < -0.3 is 5.32 Å². The fourth-order valence-corrected chi connectivity index (χ4v) is 3.90. The maximum Gasteiger partial charge on any atom is 0.262 e. The predicted octanol–water partition coefficient (Wildman–Crippen LogP) is 3.05. The summed E-state index contributed by atoms with van der Waals surface area (Å²) in [5.41, 5.74) is 0.570. The van der Waals surface area contributed by atoms with E-state index < -0.39 is 10.0 Å². The second-order valence-electron chi connectivity index (χ2n) is 4.76. The summed E-state index contributed by atoms with van der Waals surface area (Å²) in [4.78, 5) is 1.32. The third-order valence-electron chi connectivity index (χ3n) is 2.65. The van der Waals surface area contributed by atoms with E-state index in [4.69, 9.17) is 0 Å². The van der Waals surface area contributed by atoms with Crippen molar-refractivity contribution < 1.29 is 8.42 Å². The Labute approximate surface area is 123 Å². The van der Waals surface area contributed by atoms with Crippen molar-refractivity contribution in [1.29, 1.82) is 0 Å². The Hall–Kier alpha value is -1.37. The lowest BCUT2D eigenvalue weighted by atomic mass is 10.3. The van der Waals surface area contributed by atoms with Gasteiger partial charge in [-0.15, -0.1) is 11.3 Å². The molecule has 2 aromatic rings. The molecule has 0 unspecified atom stereocenters. The highest BCUT2D eigenvalue weighted by molar-refractivity contribution is 7.92. The summed E-state index contributed by atoms with van der Waals surface area (Å²) in [5, 5.41) is 4.94. The molecule has 0 saturated carbocycles. The zero-order valence-electron chi connectivity index (χ0n) is 11.5. The number of benzene rings is 1. The maximum atomic E-state index is 12.2. The van der Waals surface area contributed by atoms with E-state index in [1.54, 1.807) is 35.7 Å². The van der Waals surface area contributed by atoms with Crippen LogP contribution in [0.2, 0.25) is 0 Å². The summed E-state index contributed by atoms with van der Waals surface area (Å²) in [6.45, 7) is 4.80. The van der Waals surface area contributed by atoms with E-state index in [2.05, 4.69) is 23.9 Å². The van der Waals surface area contributed by atoms with Gasteiger partial charge in [-0.3, -0.25) is 4.72 Å². The molecule has 20 heavy (non-hydrogen) atoms. The highest BCUT2D eigenvalue weighted by atomic mass is 32.2. The maximum absolute atomic E-state index is 12.2. The standard InChI is InChI=1S/C14H18N2O2S2/c1-11(2)15-9-13-8-14(10-19-13)20(17,18)16-12-6-4-3-5-7-12/h3-8,10-11,15-16H,9H2,1-2H3. The van der Waals surface area contributed by atoms with Crippen LogP contribution < -0.4 is 10.0 Å². The van der Waals surface area contributed by atoms with Crippen LogP contribution in [0.25, 0.3) is 0 Å².